The van der Waals surface area contributed by atoms with Crippen molar-refractivity contribution in [3.05, 3.63) is 0 Å². The lowest BCUT2D eigenvalue weighted by Gasteiger charge is -2.40. The number of hydrazine groups is 2. The normalized spacial score (nSPS) is 20.8. The number of hydrogen-bond donors (Lipinski definition) is 4. The molecular weight excluding hydrogens is 264 g/mol. The Bertz CT molecular complexity index is 318. The van der Waals surface area contributed by atoms with E-state index in [2.05, 4.69) is 0 Å². The molecule has 2 amide bonds. The topological polar surface area (TPSA) is 129 Å². The summed E-state index contributed by atoms with van der Waals surface area (Å²) >= 11 is 0. The van der Waals surface area contributed by atoms with E-state index in [4.69, 9.17) is 21.2 Å². The number of carbonyl (C=O) groups is 2. The second kappa shape index (κ2) is 7.53. The van der Waals surface area contributed by atoms with Crippen LogP contribution in [0, 0.1) is 0 Å². The van der Waals surface area contributed by atoms with Gasteiger partial charge in [0.2, 0.25) is 0 Å². The lowest BCUT2D eigenvalue weighted by Crippen LogP contribution is -2.50. The van der Waals surface area contributed by atoms with Gasteiger partial charge < -0.3 is 9.47 Å². The van der Waals surface area contributed by atoms with Crippen molar-refractivity contribution in [3.8, 4) is 0 Å². The lowest BCUT2D eigenvalue weighted by molar-refractivity contribution is -0.279. The summed E-state index contributed by atoms with van der Waals surface area (Å²) in [5, 5.41) is 0. The largest absolute Gasteiger partial charge is 0.337 e. The number of rotatable bonds is 6. The first-order valence-corrected chi connectivity index (χ1v) is 6.80. The van der Waals surface area contributed by atoms with Crippen molar-refractivity contribution in [3.63, 3.8) is 0 Å². The van der Waals surface area contributed by atoms with Crippen LogP contribution >= 0.6 is 0 Å². The van der Waals surface area contributed by atoms with E-state index in [1.807, 2.05) is 10.9 Å². The van der Waals surface area contributed by atoms with Gasteiger partial charge in [-0.1, -0.05) is 6.42 Å². The number of hydrogen-bond acceptors (Lipinski definition) is 6. The number of nitrogens with one attached hydrogen (secondary N) is 2. The first kappa shape index (κ1) is 16.8. The Labute approximate surface area is 118 Å². The third kappa shape index (κ3) is 4.41. The summed E-state index contributed by atoms with van der Waals surface area (Å²) in [6.07, 6.45) is 2.62. The lowest BCUT2D eigenvalue weighted by atomic mass is 9.93. The highest BCUT2D eigenvalue weighted by Crippen LogP contribution is 2.35. The van der Waals surface area contributed by atoms with Gasteiger partial charge >= 0.3 is 0 Å². The van der Waals surface area contributed by atoms with E-state index >= 15 is 0 Å². The predicted octanol–water partition coefficient (Wildman–Crippen LogP) is -0.563. The molecule has 20 heavy (non-hydrogen) atoms. The van der Waals surface area contributed by atoms with Crippen LogP contribution in [0.3, 0.4) is 0 Å². The maximum Gasteiger partial charge on any atom is 0.262 e. The zero-order chi connectivity index (χ0) is 15.2. The van der Waals surface area contributed by atoms with Gasteiger partial charge in [-0.05, 0) is 26.7 Å². The van der Waals surface area contributed by atoms with E-state index in [0.717, 1.165) is 19.3 Å². The molecule has 1 saturated carbocycles. The van der Waals surface area contributed by atoms with Crippen molar-refractivity contribution >= 4 is 11.8 Å². The van der Waals surface area contributed by atoms with Gasteiger partial charge in [0, 0.05) is 12.8 Å². The van der Waals surface area contributed by atoms with Crippen LogP contribution in [0.25, 0.3) is 0 Å². The molecule has 0 aromatic rings. The van der Waals surface area contributed by atoms with Gasteiger partial charge in [0.25, 0.3) is 11.8 Å². The van der Waals surface area contributed by atoms with Crippen LogP contribution in [0.2, 0.25) is 0 Å². The van der Waals surface area contributed by atoms with Gasteiger partial charge in [-0.25, -0.2) is 11.7 Å². The minimum absolute atomic E-state index is 0.436. The van der Waals surface area contributed by atoms with Gasteiger partial charge in [0.15, 0.2) is 5.79 Å². The molecule has 0 saturated heterocycles. The van der Waals surface area contributed by atoms with E-state index in [9.17, 15) is 9.59 Å². The predicted molar refractivity (Wildman–Crippen MR) is 71.6 cm³/mol. The zero-order valence-corrected chi connectivity index (χ0v) is 12.0. The second-order valence-electron chi connectivity index (χ2n) is 5.01. The highest BCUT2D eigenvalue weighted by molar-refractivity contribution is 5.80. The van der Waals surface area contributed by atoms with Crippen LogP contribution in [0.1, 0.15) is 46.0 Å². The van der Waals surface area contributed by atoms with Crippen LogP contribution in [-0.4, -0.2) is 29.8 Å². The molecule has 8 nitrogen and oxygen atoms in total. The Balaban J connectivity index is 2.75. The average molecular weight is 288 g/mol. The van der Waals surface area contributed by atoms with Crippen molar-refractivity contribution in [2.24, 2.45) is 11.7 Å². The van der Waals surface area contributed by atoms with Crippen molar-refractivity contribution in [2.75, 3.05) is 0 Å². The fraction of sp³-hybridized carbons (Fsp3) is 0.833. The van der Waals surface area contributed by atoms with Crippen molar-refractivity contribution in [1.82, 2.24) is 10.9 Å². The molecule has 1 aliphatic rings. The zero-order valence-electron chi connectivity index (χ0n) is 12.0. The first-order chi connectivity index (χ1) is 9.44. The second-order valence-corrected chi connectivity index (χ2v) is 5.01. The van der Waals surface area contributed by atoms with Gasteiger partial charge in [-0.15, -0.1) is 0 Å². The maximum absolute atomic E-state index is 11.5. The molecule has 2 unspecified atom stereocenters. The average Bonchev–Trinajstić information content (AvgIpc) is 2.45. The van der Waals surface area contributed by atoms with Gasteiger partial charge in [-0.2, -0.15) is 0 Å². The summed E-state index contributed by atoms with van der Waals surface area (Å²) in [7, 11) is 0. The molecule has 0 aliphatic heterocycles. The molecule has 8 heteroatoms. The monoisotopic (exact) mass is 288 g/mol. The van der Waals surface area contributed by atoms with Crippen LogP contribution in [0.15, 0.2) is 0 Å². The molecule has 2 atom stereocenters. The highest BCUT2D eigenvalue weighted by Gasteiger charge is 2.39. The van der Waals surface area contributed by atoms with Gasteiger partial charge in [0.1, 0.15) is 12.2 Å². The van der Waals surface area contributed by atoms with Crippen molar-refractivity contribution < 1.29 is 19.1 Å². The standard InChI is InChI=1S/C12H24N4O4/c1-8(10(17)15-13)19-12(6-4-3-5-7-12)20-9(2)11(18)16-14/h8-9H,3-7,13-14H2,1-2H3,(H,15,17)(H,16,18). The summed E-state index contributed by atoms with van der Waals surface area (Å²) in [6, 6.07) is 0. The number of nitrogens with two attached hydrogens (primary N) is 2. The summed E-state index contributed by atoms with van der Waals surface area (Å²) in [5.74, 6) is 8.36. The van der Waals surface area contributed by atoms with Crippen LogP contribution in [0.5, 0.6) is 0 Å². The van der Waals surface area contributed by atoms with E-state index in [1.165, 1.54) is 0 Å². The Morgan fingerprint density at radius 3 is 1.70 bits per heavy atom. The number of amides is 2. The smallest absolute Gasteiger partial charge is 0.262 e. The molecule has 116 valence electrons. The molecule has 1 aliphatic carbocycles. The number of ether oxygens (including phenoxy) is 2. The molecule has 0 aromatic heterocycles. The van der Waals surface area contributed by atoms with E-state index in [1.54, 1.807) is 13.8 Å². The molecule has 0 heterocycles. The minimum Gasteiger partial charge on any atom is -0.337 e. The van der Waals surface area contributed by atoms with Crippen molar-refractivity contribution in [1.29, 1.82) is 0 Å². The Kier molecular flexibility index (Phi) is 6.34. The Morgan fingerprint density at radius 1 is 0.950 bits per heavy atom. The van der Waals surface area contributed by atoms with Crippen LogP contribution in [0.4, 0.5) is 0 Å². The van der Waals surface area contributed by atoms with Gasteiger partial charge in [-0.3, -0.25) is 20.4 Å². The summed E-state index contributed by atoms with van der Waals surface area (Å²) in [4.78, 5) is 23.0. The minimum atomic E-state index is -0.948. The molecule has 0 radical (unpaired) electrons. The Morgan fingerprint density at radius 2 is 1.35 bits per heavy atom. The quantitative estimate of drug-likeness (QED) is 0.224. The summed E-state index contributed by atoms with van der Waals surface area (Å²) in [6.45, 7) is 3.19. The Hall–Kier alpha value is -1.22. The molecule has 0 aromatic carbocycles. The molecule has 6 N–H and O–H groups in total. The fourth-order valence-electron chi connectivity index (χ4n) is 2.34. The number of carbonyl (C=O) groups excluding carboxylic acids is 2. The van der Waals surface area contributed by atoms with E-state index in [-0.39, 0.29) is 0 Å². The van der Waals surface area contributed by atoms with Crippen LogP contribution in [-0.2, 0) is 19.1 Å². The molecule has 0 spiro atoms. The molecule has 1 fully saturated rings. The fourth-order valence-corrected chi connectivity index (χ4v) is 2.34. The van der Waals surface area contributed by atoms with E-state index in [0.29, 0.717) is 12.8 Å². The SMILES string of the molecule is CC(OC1(OC(C)C(=O)NN)CCCCC1)C(=O)NN. The van der Waals surface area contributed by atoms with Crippen molar-refractivity contribution in [2.45, 2.75) is 63.9 Å². The van der Waals surface area contributed by atoms with Gasteiger partial charge in [0.05, 0.1) is 0 Å². The summed E-state index contributed by atoms with van der Waals surface area (Å²) in [5.41, 5.74) is 4.08. The molecular formula is C12H24N4O4. The molecule has 1 rings (SSSR count). The van der Waals surface area contributed by atoms with Crippen LogP contribution < -0.4 is 22.5 Å². The third-order valence-corrected chi connectivity index (χ3v) is 3.42. The third-order valence-electron chi connectivity index (χ3n) is 3.42. The summed E-state index contributed by atoms with van der Waals surface area (Å²) < 4.78 is 11.5. The molecule has 0 bridgehead atoms. The van der Waals surface area contributed by atoms with E-state index < -0.39 is 29.8 Å². The maximum atomic E-state index is 11.5. The highest BCUT2D eigenvalue weighted by atomic mass is 16.7. The first-order valence-electron chi connectivity index (χ1n) is 6.80.